The van der Waals surface area contributed by atoms with Gasteiger partial charge in [-0.05, 0) is 6.92 Å². The third-order valence-corrected chi connectivity index (χ3v) is 2.03. The Kier molecular flexibility index (Phi) is 2.64. The third-order valence-electron chi connectivity index (χ3n) is 2.03. The Bertz CT molecular complexity index is 262. The Hall–Kier alpha value is -0.950. The predicted octanol–water partition coefficient (Wildman–Crippen LogP) is 0.448. The molecule has 7 heteroatoms. The number of carbonyl (C=O) groups is 2. The summed E-state index contributed by atoms with van der Waals surface area (Å²) in [6.45, 7) is 0.0202. The van der Waals surface area contributed by atoms with Gasteiger partial charge in [-0.2, -0.15) is 13.2 Å². The van der Waals surface area contributed by atoms with E-state index in [1.54, 1.807) is 0 Å². The molecular formula is C7H7F3O4. The monoisotopic (exact) mass is 212 g/mol. The van der Waals surface area contributed by atoms with Gasteiger partial charge in [-0.15, -0.1) is 0 Å². The zero-order valence-electron chi connectivity index (χ0n) is 7.13. The highest BCUT2D eigenvalue weighted by Crippen LogP contribution is 2.40. The van der Waals surface area contributed by atoms with Crippen LogP contribution in [0.4, 0.5) is 13.2 Å². The van der Waals surface area contributed by atoms with E-state index in [4.69, 9.17) is 0 Å². The van der Waals surface area contributed by atoms with Crippen LogP contribution in [0.25, 0.3) is 0 Å². The molecule has 2 unspecified atom stereocenters. The Morgan fingerprint density at radius 2 is 2.14 bits per heavy atom. The lowest BCUT2D eigenvalue weighted by atomic mass is 9.95. The van der Waals surface area contributed by atoms with Gasteiger partial charge in [0, 0.05) is 0 Å². The molecular weight excluding hydrogens is 205 g/mol. The van der Waals surface area contributed by atoms with E-state index in [1.807, 2.05) is 0 Å². The molecule has 1 aliphatic rings. The Morgan fingerprint density at radius 3 is 2.57 bits per heavy atom. The summed E-state index contributed by atoms with van der Waals surface area (Å²) in [6, 6.07) is 0. The topological polar surface area (TPSA) is 52.6 Å². The standard InChI is InChI=1S/C7H7F3O4/c1-6(7(8,9)10)5(4(12)2-11)13-3-14-6/h2,5H,3H2,1H3. The van der Waals surface area contributed by atoms with E-state index in [1.165, 1.54) is 0 Å². The van der Waals surface area contributed by atoms with Crippen molar-refractivity contribution in [3.8, 4) is 0 Å². The summed E-state index contributed by atoms with van der Waals surface area (Å²) < 4.78 is 46.0. The van der Waals surface area contributed by atoms with Crippen LogP contribution in [0, 0.1) is 0 Å². The van der Waals surface area contributed by atoms with Crippen LogP contribution in [-0.4, -0.2) is 36.7 Å². The van der Waals surface area contributed by atoms with E-state index >= 15 is 0 Å². The summed E-state index contributed by atoms with van der Waals surface area (Å²) in [7, 11) is 0. The van der Waals surface area contributed by atoms with Crippen LogP contribution >= 0.6 is 0 Å². The molecule has 1 heterocycles. The third kappa shape index (κ3) is 1.53. The van der Waals surface area contributed by atoms with Crippen LogP contribution < -0.4 is 0 Å². The number of hydrogen-bond acceptors (Lipinski definition) is 4. The molecule has 1 aliphatic heterocycles. The number of ketones is 1. The van der Waals surface area contributed by atoms with Crippen LogP contribution in [0.2, 0.25) is 0 Å². The molecule has 2 atom stereocenters. The summed E-state index contributed by atoms with van der Waals surface area (Å²) >= 11 is 0. The first-order valence-electron chi connectivity index (χ1n) is 3.64. The summed E-state index contributed by atoms with van der Waals surface area (Å²) in [4.78, 5) is 20.9. The van der Waals surface area contributed by atoms with Crippen molar-refractivity contribution in [2.75, 3.05) is 6.79 Å². The number of rotatable bonds is 2. The fourth-order valence-electron chi connectivity index (χ4n) is 1.11. The molecule has 14 heavy (non-hydrogen) atoms. The van der Waals surface area contributed by atoms with Crippen molar-refractivity contribution in [1.82, 2.24) is 0 Å². The van der Waals surface area contributed by atoms with Crippen LogP contribution in [0.1, 0.15) is 6.92 Å². The highest BCUT2D eigenvalue weighted by molar-refractivity contribution is 6.27. The van der Waals surface area contributed by atoms with E-state index in [0.717, 1.165) is 0 Å². The summed E-state index contributed by atoms with van der Waals surface area (Å²) in [5.41, 5.74) is -2.73. The molecule has 0 amide bonds. The van der Waals surface area contributed by atoms with Gasteiger partial charge in [-0.25, -0.2) is 0 Å². The highest BCUT2D eigenvalue weighted by Gasteiger charge is 2.63. The maximum absolute atomic E-state index is 12.4. The molecule has 0 aromatic carbocycles. The van der Waals surface area contributed by atoms with Gasteiger partial charge in [0.2, 0.25) is 5.78 Å². The first-order valence-corrected chi connectivity index (χ1v) is 3.64. The van der Waals surface area contributed by atoms with Gasteiger partial charge in [0.05, 0.1) is 0 Å². The zero-order chi connectivity index (χ0) is 11.0. The van der Waals surface area contributed by atoms with Gasteiger partial charge in [-0.3, -0.25) is 9.59 Å². The normalized spacial score (nSPS) is 33.0. The van der Waals surface area contributed by atoms with Gasteiger partial charge in [0.15, 0.2) is 18.0 Å². The number of ether oxygens (including phenoxy) is 2. The number of alkyl halides is 3. The SMILES string of the molecule is CC1(C(F)(F)F)OCOC1C(=O)C=O. The van der Waals surface area contributed by atoms with Crippen molar-refractivity contribution >= 4 is 12.1 Å². The van der Waals surface area contributed by atoms with Gasteiger partial charge >= 0.3 is 6.18 Å². The van der Waals surface area contributed by atoms with Crippen molar-refractivity contribution in [3.63, 3.8) is 0 Å². The fraction of sp³-hybridized carbons (Fsp3) is 0.714. The van der Waals surface area contributed by atoms with Crippen LogP contribution in [0.15, 0.2) is 0 Å². The Labute approximate surface area is 77.0 Å². The number of aldehydes is 1. The maximum Gasteiger partial charge on any atom is 0.420 e. The predicted molar refractivity (Wildman–Crippen MR) is 36.4 cm³/mol. The lowest BCUT2D eigenvalue weighted by molar-refractivity contribution is -0.257. The quantitative estimate of drug-likeness (QED) is 0.492. The van der Waals surface area contributed by atoms with Crippen molar-refractivity contribution in [2.45, 2.75) is 24.8 Å². The van der Waals surface area contributed by atoms with E-state index in [-0.39, 0.29) is 6.29 Å². The molecule has 0 spiro atoms. The van der Waals surface area contributed by atoms with E-state index in [9.17, 15) is 22.8 Å². The Balaban J connectivity index is 2.98. The second-order valence-corrected chi connectivity index (χ2v) is 2.93. The zero-order valence-corrected chi connectivity index (χ0v) is 7.13. The van der Waals surface area contributed by atoms with Crippen molar-refractivity contribution in [3.05, 3.63) is 0 Å². The number of hydrogen-bond donors (Lipinski definition) is 0. The molecule has 4 nitrogen and oxygen atoms in total. The average Bonchev–Trinajstić information content (AvgIpc) is 2.46. The van der Waals surface area contributed by atoms with Crippen LogP contribution in [0.5, 0.6) is 0 Å². The fourth-order valence-corrected chi connectivity index (χ4v) is 1.11. The van der Waals surface area contributed by atoms with Gasteiger partial charge in [0.25, 0.3) is 0 Å². The second kappa shape index (κ2) is 3.32. The van der Waals surface area contributed by atoms with E-state index in [0.29, 0.717) is 6.92 Å². The van der Waals surface area contributed by atoms with Crippen LogP contribution in [0.3, 0.4) is 0 Å². The molecule has 0 saturated carbocycles. The van der Waals surface area contributed by atoms with Crippen molar-refractivity contribution in [1.29, 1.82) is 0 Å². The maximum atomic E-state index is 12.4. The molecule has 0 aliphatic carbocycles. The first kappa shape index (κ1) is 11.1. The minimum absolute atomic E-state index is 0.205. The molecule has 0 N–H and O–H groups in total. The summed E-state index contributed by atoms with van der Waals surface area (Å²) in [6.07, 6.45) is -6.86. The number of carbonyl (C=O) groups excluding carboxylic acids is 2. The lowest BCUT2D eigenvalue weighted by Crippen LogP contribution is -2.53. The molecule has 80 valence electrons. The number of halogens is 3. The van der Waals surface area contributed by atoms with E-state index < -0.39 is 30.5 Å². The minimum atomic E-state index is -4.76. The highest BCUT2D eigenvalue weighted by atomic mass is 19.4. The van der Waals surface area contributed by atoms with E-state index in [2.05, 4.69) is 9.47 Å². The molecule has 0 aromatic heterocycles. The summed E-state index contributed by atoms with van der Waals surface area (Å²) in [5.74, 6) is -1.28. The molecule has 1 saturated heterocycles. The first-order chi connectivity index (χ1) is 6.33. The van der Waals surface area contributed by atoms with Gasteiger partial charge in [-0.1, -0.05) is 0 Å². The van der Waals surface area contributed by atoms with Crippen molar-refractivity contribution in [2.24, 2.45) is 0 Å². The average molecular weight is 212 g/mol. The molecule has 0 radical (unpaired) electrons. The largest absolute Gasteiger partial charge is 0.420 e. The summed E-state index contributed by atoms with van der Waals surface area (Å²) in [5, 5.41) is 0. The van der Waals surface area contributed by atoms with Crippen LogP contribution in [-0.2, 0) is 19.1 Å². The second-order valence-electron chi connectivity index (χ2n) is 2.93. The lowest BCUT2D eigenvalue weighted by Gasteiger charge is -2.28. The van der Waals surface area contributed by atoms with Gasteiger partial charge in [0.1, 0.15) is 6.79 Å². The smallest absolute Gasteiger partial charge is 0.340 e. The Morgan fingerprint density at radius 1 is 1.57 bits per heavy atom. The van der Waals surface area contributed by atoms with Gasteiger partial charge < -0.3 is 9.47 Å². The molecule has 0 aromatic rings. The molecule has 1 rings (SSSR count). The number of Topliss-reactive ketones (excluding diaryl/α,β-unsaturated/α-hetero) is 1. The minimum Gasteiger partial charge on any atom is -0.340 e. The molecule has 1 fully saturated rings. The molecule has 0 bridgehead atoms. The van der Waals surface area contributed by atoms with Crippen molar-refractivity contribution < 1.29 is 32.2 Å².